The molecule has 0 unspecified atom stereocenters. The van der Waals surface area contributed by atoms with Crippen LogP contribution in [0.1, 0.15) is 21.7 Å². The summed E-state index contributed by atoms with van der Waals surface area (Å²) in [5.74, 6) is -0.239. The molecule has 2 heterocycles. The molecule has 1 amide bonds. The van der Waals surface area contributed by atoms with Gasteiger partial charge in [-0.1, -0.05) is 48.5 Å². The number of pyridine rings is 1. The molecule has 2 N–H and O–H groups in total. The summed E-state index contributed by atoms with van der Waals surface area (Å²) in [6, 6.07) is 20.8. The first-order valence-electron chi connectivity index (χ1n) is 8.24. The molecule has 5 heteroatoms. The summed E-state index contributed by atoms with van der Waals surface area (Å²) in [6.07, 6.45) is 5.48. The number of nitrogens with zero attached hydrogens (tertiary/aromatic N) is 2. The van der Waals surface area contributed by atoms with Crippen LogP contribution in [0.25, 0.3) is 23.1 Å². The Balaban J connectivity index is 1.61. The van der Waals surface area contributed by atoms with Gasteiger partial charge < -0.3 is 5.32 Å². The van der Waals surface area contributed by atoms with Crippen LogP contribution in [-0.2, 0) is 0 Å². The number of benzene rings is 2. The van der Waals surface area contributed by atoms with E-state index < -0.39 is 0 Å². The molecule has 2 aromatic heterocycles. The molecule has 0 aliphatic rings. The summed E-state index contributed by atoms with van der Waals surface area (Å²) >= 11 is 0. The Morgan fingerprint density at radius 2 is 1.73 bits per heavy atom. The predicted octanol–water partition coefficient (Wildman–Crippen LogP) is 4.38. The van der Waals surface area contributed by atoms with E-state index in [1.54, 1.807) is 24.4 Å². The van der Waals surface area contributed by atoms with Gasteiger partial charge in [0, 0.05) is 17.3 Å². The smallest absolute Gasteiger partial charge is 0.274 e. The van der Waals surface area contributed by atoms with Gasteiger partial charge in [-0.3, -0.25) is 14.9 Å². The van der Waals surface area contributed by atoms with Gasteiger partial charge in [-0.15, -0.1) is 0 Å². The zero-order valence-electron chi connectivity index (χ0n) is 13.9. The first kappa shape index (κ1) is 15.8. The second-order valence-electron chi connectivity index (χ2n) is 5.74. The van der Waals surface area contributed by atoms with Crippen LogP contribution in [0, 0.1) is 0 Å². The molecule has 0 aliphatic heterocycles. The molecule has 0 aliphatic carbocycles. The number of anilines is 1. The molecule has 5 nitrogen and oxygen atoms in total. The van der Waals surface area contributed by atoms with Crippen LogP contribution in [0.5, 0.6) is 0 Å². The first-order chi connectivity index (χ1) is 12.8. The van der Waals surface area contributed by atoms with Crippen molar-refractivity contribution in [3.63, 3.8) is 0 Å². The number of carbonyl (C=O) groups is 1. The molecule has 0 spiro atoms. The topological polar surface area (TPSA) is 70.7 Å². The third-order valence-corrected chi connectivity index (χ3v) is 4.03. The molecule has 0 saturated carbocycles. The largest absolute Gasteiger partial charge is 0.320 e. The molecule has 4 rings (SSSR count). The summed E-state index contributed by atoms with van der Waals surface area (Å²) in [7, 11) is 0. The molecule has 0 saturated heterocycles. The minimum absolute atomic E-state index is 0.239. The van der Waals surface area contributed by atoms with Gasteiger partial charge >= 0.3 is 0 Å². The summed E-state index contributed by atoms with van der Waals surface area (Å²) in [5, 5.41) is 11.3. The number of carbonyl (C=O) groups excluding carboxylic acids is 1. The van der Waals surface area contributed by atoms with Crippen LogP contribution in [0.15, 0.2) is 72.9 Å². The molecule has 2 aromatic carbocycles. The SMILES string of the molecule is O=C(Nc1ccccc1C=Cc1n[nH]c2ccccc12)c1ccccn1. The van der Waals surface area contributed by atoms with Crippen molar-refractivity contribution in [3.05, 3.63) is 89.9 Å². The molecule has 0 fully saturated rings. The van der Waals surface area contributed by atoms with E-state index in [2.05, 4.69) is 20.5 Å². The fraction of sp³-hybridized carbons (Fsp3) is 0. The lowest BCUT2D eigenvalue weighted by atomic mass is 10.1. The number of para-hydroxylation sites is 2. The number of rotatable bonds is 4. The Bertz CT molecular complexity index is 1080. The number of aromatic nitrogens is 3. The second kappa shape index (κ2) is 7.03. The van der Waals surface area contributed by atoms with E-state index in [0.29, 0.717) is 5.69 Å². The Labute approximate surface area is 150 Å². The van der Waals surface area contributed by atoms with E-state index in [0.717, 1.165) is 27.8 Å². The van der Waals surface area contributed by atoms with Gasteiger partial charge in [0.05, 0.1) is 11.2 Å². The average Bonchev–Trinajstić information content (AvgIpc) is 3.11. The molecule has 0 bridgehead atoms. The predicted molar refractivity (Wildman–Crippen MR) is 104 cm³/mol. The van der Waals surface area contributed by atoms with Crippen molar-refractivity contribution in [1.82, 2.24) is 15.2 Å². The van der Waals surface area contributed by atoms with E-state index in [1.165, 1.54) is 0 Å². The fourth-order valence-corrected chi connectivity index (χ4v) is 2.72. The Hall–Kier alpha value is -3.73. The molecule has 0 radical (unpaired) electrons. The van der Waals surface area contributed by atoms with Gasteiger partial charge in [-0.05, 0) is 35.9 Å². The highest BCUT2D eigenvalue weighted by molar-refractivity contribution is 6.04. The van der Waals surface area contributed by atoms with E-state index in [4.69, 9.17) is 0 Å². The summed E-state index contributed by atoms with van der Waals surface area (Å²) in [4.78, 5) is 16.4. The summed E-state index contributed by atoms with van der Waals surface area (Å²) in [6.45, 7) is 0. The van der Waals surface area contributed by atoms with Crippen LogP contribution in [0.3, 0.4) is 0 Å². The van der Waals surface area contributed by atoms with Gasteiger partial charge in [-0.2, -0.15) is 5.10 Å². The highest BCUT2D eigenvalue weighted by atomic mass is 16.1. The molecule has 26 heavy (non-hydrogen) atoms. The van der Waals surface area contributed by atoms with Gasteiger partial charge in [0.15, 0.2) is 0 Å². The average molecular weight is 340 g/mol. The van der Waals surface area contributed by atoms with E-state index in [1.807, 2.05) is 60.7 Å². The van der Waals surface area contributed by atoms with Crippen LogP contribution in [-0.4, -0.2) is 21.1 Å². The lowest BCUT2D eigenvalue weighted by molar-refractivity contribution is 0.102. The highest BCUT2D eigenvalue weighted by Gasteiger charge is 2.09. The van der Waals surface area contributed by atoms with Crippen LogP contribution in [0.2, 0.25) is 0 Å². The van der Waals surface area contributed by atoms with Gasteiger partial charge in [0.1, 0.15) is 5.69 Å². The third kappa shape index (κ3) is 3.23. The Morgan fingerprint density at radius 3 is 2.62 bits per heavy atom. The number of H-pyrrole nitrogens is 1. The number of amides is 1. The number of hydrogen-bond acceptors (Lipinski definition) is 3. The van der Waals surface area contributed by atoms with E-state index in [9.17, 15) is 4.79 Å². The normalized spacial score (nSPS) is 11.1. The summed E-state index contributed by atoms with van der Waals surface area (Å²) < 4.78 is 0. The number of aromatic amines is 1. The fourth-order valence-electron chi connectivity index (χ4n) is 2.72. The third-order valence-electron chi connectivity index (χ3n) is 4.03. The zero-order chi connectivity index (χ0) is 17.8. The second-order valence-corrected chi connectivity index (χ2v) is 5.74. The number of hydrogen-bond donors (Lipinski definition) is 2. The minimum atomic E-state index is -0.239. The van der Waals surface area contributed by atoms with Crippen molar-refractivity contribution in [1.29, 1.82) is 0 Å². The number of nitrogens with one attached hydrogen (secondary N) is 2. The monoisotopic (exact) mass is 340 g/mol. The maximum absolute atomic E-state index is 12.4. The van der Waals surface area contributed by atoms with Crippen LogP contribution >= 0.6 is 0 Å². The van der Waals surface area contributed by atoms with E-state index in [-0.39, 0.29) is 5.91 Å². The highest BCUT2D eigenvalue weighted by Crippen LogP contribution is 2.21. The number of fused-ring (bicyclic) bond motifs is 1. The Morgan fingerprint density at radius 1 is 0.923 bits per heavy atom. The van der Waals surface area contributed by atoms with E-state index >= 15 is 0 Å². The lowest BCUT2D eigenvalue weighted by Gasteiger charge is -2.08. The van der Waals surface area contributed by atoms with Crippen LogP contribution in [0.4, 0.5) is 5.69 Å². The van der Waals surface area contributed by atoms with Crippen molar-refractivity contribution < 1.29 is 4.79 Å². The molecular weight excluding hydrogens is 324 g/mol. The first-order valence-corrected chi connectivity index (χ1v) is 8.24. The maximum atomic E-state index is 12.4. The zero-order valence-corrected chi connectivity index (χ0v) is 13.9. The quantitative estimate of drug-likeness (QED) is 0.579. The van der Waals surface area contributed by atoms with Gasteiger partial charge in [0.25, 0.3) is 5.91 Å². The molecule has 126 valence electrons. The summed E-state index contributed by atoms with van der Waals surface area (Å²) in [5.41, 5.74) is 3.84. The maximum Gasteiger partial charge on any atom is 0.274 e. The molecule has 4 aromatic rings. The Kier molecular flexibility index (Phi) is 4.26. The minimum Gasteiger partial charge on any atom is -0.320 e. The van der Waals surface area contributed by atoms with Gasteiger partial charge in [0.2, 0.25) is 0 Å². The standard InChI is InChI=1S/C21H16N4O/c26-21(20-11-5-6-14-22-20)23-17-9-3-1-7-15(17)12-13-19-16-8-2-4-10-18(16)24-25-19/h1-14H,(H,23,26)(H,24,25). The van der Waals surface area contributed by atoms with Crippen molar-refractivity contribution >= 4 is 34.6 Å². The van der Waals surface area contributed by atoms with Crippen molar-refractivity contribution in [2.45, 2.75) is 0 Å². The lowest BCUT2D eigenvalue weighted by Crippen LogP contribution is -2.14. The van der Waals surface area contributed by atoms with Gasteiger partial charge in [-0.25, -0.2) is 0 Å². The molecule has 0 atom stereocenters. The van der Waals surface area contributed by atoms with Crippen molar-refractivity contribution in [2.24, 2.45) is 0 Å². The van der Waals surface area contributed by atoms with Crippen LogP contribution < -0.4 is 5.32 Å². The van der Waals surface area contributed by atoms with Crippen molar-refractivity contribution in [2.75, 3.05) is 5.32 Å². The molecular formula is C21H16N4O. The van der Waals surface area contributed by atoms with Crippen molar-refractivity contribution in [3.8, 4) is 0 Å².